The molecule has 9 heteroatoms. The maximum Gasteiger partial charge on any atom is 0.319 e. The second-order valence-corrected chi connectivity index (χ2v) is 7.79. The maximum absolute atomic E-state index is 12.4. The Morgan fingerprint density at radius 2 is 1.85 bits per heavy atom. The predicted molar refractivity (Wildman–Crippen MR) is 126 cm³/mol. The van der Waals surface area contributed by atoms with Gasteiger partial charge in [-0.2, -0.15) is 4.98 Å². The number of amides is 1. The average Bonchev–Trinajstić information content (AvgIpc) is 3.31. The molecule has 0 fully saturated rings. The van der Waals surface area contributed by atoms with Crippen LogP contribution < -0.4 is 15.4 Å². The van der Waals surface area contributed by atoms with E-state index in [1.807, 2.05) is 50.2 Å². The first kappa shape index (κ1) is 22.9. The molecule has 34 heavy (non-hydrogen) atoms. The van der Waals surface area contributed by atoms with Gasteiger partial charge in [-0.05, 0) is 43.5 Å². The summed E-state index contributed by atoms with van der Waals surface area (Å²) in [5.41, 5.74) is 4.05. The van der Waals surface area contributed by atoms with Crippen LogP contribution in [0, 0.1) is 13.8 Å². The zero-order valence-electron chi connectivity index (χ0n) is 19.1. The van der Waals surface area contributed by atoms with E-state index in [0.717, 1.165) is 29.9 Å². The SMILES string of the molecule is Cc1cc(CNC(=O)c2cc(COc3nc(C)cc(NCCc4ccccc4)n3)on2)ccn1. The zero-order valence-corrected chi connectivity index (χ0v) is 19.1. The van der Waals surface area contributed by atoms with E-state index in [2.05, 4.69) is 42.9 Å². The number of carbonyl (C=O) groups excluding carboxylic acids is 1. The van der Waals surface area contributed by atoms with E-state index >= 15 is 0 Å². The Morgan fingerprint density at radius 3 is 2.68 bits per heavy atom. The quantitative estimate of drug-likeness (QED) is 0.370. The summed E-state index contributed by atoms with van der Waals surface area (Å²) >= 11 is 0. The Balaban J connectivity index is 1.28. The van der Waals surface area contributed by atoms with Crippen molar-refractivity contribution in [2.75, 3.05) is 11.9 Å². The van der Waals surface area contributed by atoms with Crippen molar-refractivity contribution in [2.45, 2.75) is 33.4 Å². The molecule has 3 heterocycles. The van der Waals surface area contributed by atoms with Crippen LogP contribution in [0.2, 0.25) is 0 Å². The molecule has 0 bridgehead atoms. The number of hydrogen-bond acceptors (Lipinski definition) is 8. The third kappa shape index (κ3) is 6.61. The minimum absolute atomic E-state index is 0.0523. The summed E-state index contributed by atoms with van der Waals surface area (Å²) in [7, 11) is 0. The largest absolute Gasteiger partial charge is 0.455 e. The van der Waals surface area contributed by atoms with Crippen LogP contribution in [0.4, 0.5) is 5.82 Å². The van der Waals surface area contributed by atoms with Gasteiger partial charge in [0.15, 0.2) is 18.1 Å². The summed E-state index contributed by atoms with van der Waals surface area (Å²) in [5.74, 6) is 0.747. The molecule has 0 radical (unpaired) electrons. The number of pyridine rings is 1. The number of ether oxygens (including phenoxy) is 1. The van der Waals surface area contributed by atoms with Crippen molar-refractivity contribution in [3.05, 3.63) is 94.8 Å². The van der Waals surface area contributed by atoms with E-state index in [9.17, 15) is 4.79 Å². The van der Waals surface area contributed by atoms with Gasteiger partial charge in [0.25, 0.3) is 5.91 Å². The number of anilines is 1. The van der Waals surface area contributed by atoms with Gasteiger partial charge >= 0.3 is 6.01 Å². The van der Waals surface area contributed by atoms with Gasteiger partial charge in [-0.3, -0.25) is 9.78 Å². The molecule has 9 nitrogen and oxygen atoms in total. The molecule has 1 aromatic carbocycles. The van der Waals surface area contributed by atoms with Crippen molar-refractivity contribution in [2.24, 2.45) is 0 Å². The number of hydrogen-bond donors (Lipinski definition) is 2. The van der Waals surface area contributed by atoms with Crippen molar-refractivity contribution in [1.29, 1.82) is 0 Å². The molecule has 3 aromatic heterocycles. The lowest BCUT2D eigenvalue weighted by atomic mass is 10.1. The highest BCUT2D eigenvalue weighted by atomic mass is 16.5. The van der Waals surface area contributed by atoms with E-state index in [1.165, 1.54) is 5.56 Å². The summed E-state index contributed by atoms with van der Waals surface area (Å²) in [6.45, 7) is 4.93. The number of rotatable bonds is 10. The number of nitrogens with zero attached hydrogens (tertiary/aromatic N) is 4. The van der Waals surface area contributed by atoms with Gasteiger partial charge in [0.05, 0.1) is 0 Å². The van der Waals surface area contributed by atoms with Gasteiger partial charge in [-0.15, -0.1) is 0 Å². The minimum Gasteiger partial charge on any atom is -0.455 e. The highest BCUT2D eigenvalue weighted by Gasteiger charge is 2.14. The van der Waals surface area contributed by atoms with Crippen molar-refractivity contribution >= 4 is 11.7 Å². The Hall–Kier alpha value is -4.27. The Morgan fingerprint density at radius 1 is 1.00 bits per heavy atom. The van der Waals surface area contributed by atoms with Crippen LogP contribution in [0.3, 0.4) is 0 Å². The van der Waals surface area contributed by atoms with E-state index < -0.39 is 0 Å². The van der Waals surface area contributed by atoms with E-state index in [1.54, 1.807) is 12.3 Å². The molecular weight excluding hydrogens is 432 g/mol. The molecular formula is C25H26N6O3. The van der Waals surface area contributed by atoms with Gasteiger partial charge in [-0.25, -0.2) is 4.98 Å². The first-order valence-electron chi connectivity index (χ1n) is 11.0. The predicted octanol–water partition coefficient (Wildman–Crippen LogP) is 3.64. The van der Waals surface area contributed by atoms with Crippen molar-refractivity contribution in [1.82, 2.24) is 25.4 Å². The third-order valence-electron chi connectivity index (χ3n) is 4.95. The third-order valence-corrected chi connectivity index (χ3v) is 4.95. The first-order chi connectivity index (χ1) is 16.5. The molecule has 174 valence electrons. The molecule has 0 spiro atoms. The van der Waals surface area contributed by atoms with Crippen molar-refractivity contribution in [3.63, 3.8) is 0 Å². The van der Waals surface area contributed by atoms with Gasteiger partial charge in [-0.1, -0.05) is 35.5 Å². The van der Waals surface area contributed by atoms with Crippen LogP contribution in [0.15, 0.2) is 65.3 Å². The highest BCUT2D eigenvalue weighted by Crippen LogP contribution is 2.14. The standard InChI is InChI=1S/C25H26N6O3/c1-17-12-20(9-10-26-17)15-28-24(32)22-14-21(34-31-22)16-33-25-29-18(2)13-23(30-25)27-11-8-19-6-4-3-5-7-19/h3-7,9-10,12-14H,8,11,15-16H2,1-2H3,(H,28,32)(H,27,29,30). The lowest BCUT2D eigenvalue weighted by Crippen LogP contribution is -2.23. The van der Waals surface area contributed by atoms with Gasteiger partial charge in [0.2, 0.25) is 0 Å². The first-order valence-corrected chi connectivity index (χ1v) is 11.0. The molecule has 0 atom stereocenters. The molecule has 0 aliphatic heterocycles. The number of aryl methyl sites for hydroxylation is 2. The second kappa shape index (κ2) is 11.0. The molecule has 1 amide bonds. The van der Waals surface area contributed by atoms with Crippen LogP contribution in [0.25, 0.3) is 0 Å². The van der Waals surface area contributed by atoms with E-state index in [4.69, 9.17) is 9.26 Å². The normalized spacial score (nSPS) is 10.6. The number of carbonyl (C=O) groups is 1. The maximum atomic E-state index is 12.4. The zero-order chi connectivity index (χ0) is 23.8. The summed E-state index contributed by atoms with van der Waals surface area (Å²) in [6, 6.07) is 17.6. The lowest BCUT2D eigenvalue weighted by Gasteiger charge is -2.09. The Kier molecular flexibility index (Phi) is 7.44. The van der Waals surface area contributed by atoms with Crippen LogP contribution in [0.1, 0.15) is 38.8 Å². The summed E-state index contributed by atoms with van der Waals surface area (Å²) in [5, 5.41) is 9.94. The monoisotopic (exact) mass is 458 g/mol. The fourth-order valence-electron chi connectivity index (χ4n) is 3.29. The smallest absolute Gasteiger partial charge is 0.319 e. The molecule has 0 aliphatic rings. The topological polar surface area (TPSA) is 115 Å². The number of nitrogens with one attached hydrogen (secondary N) is 2. The molecule has 4 aromatic rings. The van der Waals surface area contributed by atoms with Gasteiger partial charge in [0, 0.05) is 42.8 Å². The van der Waals surface area contributed by atoms with Crippen molar-refractivity contribution < 1.29 is 14.1 Å². The fourth-order valence-corrected chi connectivity index (χ4v) is 3.29. The summed E-state index contributed by atoms with van der Waals surface area (Å²) < 4.78 is 10.9. The molecule has 0 aliphatic carbocycles. The molecule has 0 saturated heterocycles. The Labute approximate surface area is 197 Å². The van der Waals surface area contributed by atoms with Crippen molar-refractivity contribution in [3.8, 4) is 6.01 Å². The van der Waals surface area contributed by atoms with Crippen LogP contribution in [-0.4, -0.2) is 32.6 Å². The summed E-state index contributed by atoms with van der Waals surface area (Å²) in [4.78, 5) is 25.2. The molecule has 0 saturated carbocycles. The van der Waals surface area contributed by atoms with Gasteiger partial charge in [0.1, 0.15) is 5.82 Å². The average molecular weight is 459 g/mol. The van der Waals surface area contributed by atoms with Crippen LogP contribution in [-0.2, 0) is 19.6 Å². The number of aromatic nitrogens is 4. The second-order valence-electron chi connectivity index (χ2n) is 7.79. The fraction of sp³-hybridized carbons (Fsp3) is 0.240. The van der Waals surface area contributed by atoms with Crippen LogP contribution >= 0.6 is 0 Å². The molecule has 4 rings (SSSR count). The van der Waals surface area contributed by atoms with E-state index in [0.29, 0.717) is 18.1 Å². The lowest BCUT2D eigenvalue weighted by molar-refractivity contribution is 0.0941. The number of benzene rings is 1. The summed E-state index contributed by atoms with van der Waals surface area (Å²) in [6.07, 6.45) is 2.59. The minimum atomic E-state index is -0.332. The van der Waals surface area contributed by atoms with Crippen LogP contribution in [0.5, 0.6) is 6.01 Å². The van der Waals surface area contributed by atoms with E-state index in [-0.39, 0.29) is 24.2 Å². The molecule has 0 unspecified atom stereocenters. The highest BCUT2D eigenvalue weighted by molar-refractivity contribution is 5.92. The Bertz CT molecular complexity index is 1240. The molecule has 2 N–H and O–H groups in total. The van der Waals surface area contributed by atoms with Gasteiger partial charge < -0.3 is 19.9 Å².